The Balaban J connectivity index is 2.67. The van der Waals surface area contributed by atoms with Crippen molar-refractivity contribution in [1.29, 1.82) is 0 Å². The lowest BCUT2D eigenvalue weighted by molar-refractivity contribution is -0.114. The molecule has 1 nitrogen and oxygen atoms in total. The van der Waals surface area contributed by atoms with Crippen molar-refractivity contribution in [3.05, 3.63) is 11.6 Å². The summed E-state index contributed by atoms with van der Waals surface area (Å²) in [6.45, 7) is 1.98. The van der Waals surface area contributed by atoms with E-state index >= 15 is 0 Å². The number of rotatable bonds is 1. The second-order valence-electron chi connectivity index (χ2n) is 2.74. The average molecular weight is 159 g/mol. The number of hydrogen-bond acceptors (Lipinski definition) is 1. The Hall–Kier alpha value is -0.300. The molecule has 1 aliphatic rings. The van der Waals surface area contributed by atoms with Crippen molar-refractivity contribution < 1.29 is 4.79 Å². The van der Waals surface area contributed by atoms with Crippen molar-refractivity contribution in [1.82, 2.24) is 0 Å². The summed E-state index contributed by atoms with van der Waals surface area (Å²) in [5.74, 6) is 0.00965. The maximum atomic E-state index is 10.7. The maximum absolute atomic E-state index is 10.7. The van der Waals surface area contributed by atoms with Crippen LogP contribution in [0.3, 0.4) is 0 Å². The van der Waals surface area contributed by atoms with Crippen molar-refractivity contribution >= 4 is 16.8 Å². The van der Waals surface area contributed by atoms with Crippen LogP contribution in [0.4, 0.5) is 0 Å². The fourth-order valence-electron chi connectivity index (χ4n) is 1.31. The number of carbonyl (C=O) groups excluding carboxylic acids is 1. The Bertz CT molecular complexity index is 172. The highest BCUT2D eigenvalue weighted by Gasteiger charge is 2.19. The van der Waals surface area contributed by atoms with Gasteiger partial charge in [0.25, 0.3) is 0 Å². The summed E-state index contributed by atoms with van der Waals surface area (Å²) >= 11 is 5.37. The molecule has 0 radical (unpaired) electrons. The highest BCUT2D eigenvalue weighted by molar-refractivity contribution is 6.64. The van der Waals surface area contributed by atoms with Gasteiger partial charge in [0.2, 0.25) is 5.24 Å². The van der Waals surface area contributed by atoms with Gasteiger partial charge in [0.15, 0.2) is 0 Å². The Morgan fingerprint density at radius 1 is 1.80 bits per heavy atom. The first-order chi connectivity index (χ1) is 4.72. The third kappa shape index (κ3) is 1.60. The van der Waals surface area contributed by atoms with Crippen LogP contribution in [0.1, 0.15) is 26.2 Å². The van der Waals surface area contributed by atoms with E-state index in [-0.39, 0.29) is 11.2 Å². The van der Waals surface area contributed by atoms with Crippen LogP contribution in [0.25, 0.3) is 0 Å². The van der Waals surface area contributed by atoms with Gasteiger partial charge in [-0.1, -0.05) is 11.6 Å². The van der Waals surface area contributed by atoms with Crippen LogP contribution in [-0.4, -0.2) is 5.24 Å². The highest BCUT2D eigenvalue weighted by atomic mass is 35.5. The summed E-state index contributed by atoms with van der Waals surface area (Å²) in [7, 11) is 0. The first kappa shape index (κ1) is 7.80. The molecular formula is C8H11ClO. The van der Waals surface area contributed by atoms with Gasteiger partial charge in [0.05, 0.1) is 5.92 Å². The number of allylic oxidation sites excluding steroid dienone is 2. The molecule has 0 amide bonds. The molecule has 0 aromatic carbocycles. The smallest absolute Gasteiger partial charge is 0.228 e. The molecule has 0 bridgehead atoms. The van der Waals surface area contributed by atoms with Crippen LogP contribution in [0, 0.1) is 5.92 Å². The summed E-state index contributed by atoms with van der Waals surface area (Å²) in [4.78, 5) is 10.7. The lowest BCUT2D eigenvalue weighted by atomic mass is 9.90. The number of hydrogen-bond donors (Lipinski definition) is 0. The largest absolute Gasteiger partial charge is 0.281 e. The Labute approximate surface area is 66.1 Å². The molecule has 2 heteroatoms. The second-order valence-corrected chi connectivity index (χ2v) is 3.11. The molecular weight excluding hydrogens is 148 g/mol. The van der Waals surface area contributed by atoms with Crippen LogP contribution in [0.15, 0.2) is 11.6 Å². The minimum absolute atomic E-state index is 0.00965. The summed E-state index contributed by atoms with van der Waals surface area (Å²) in [5, 5.41) is -0.201. The molecule has 56 valence electrons. The zero-order valence-corrected chi connectivity index (χ0v) is 6.82. The molecule has 1 atom stereocenters. The molecule has 0 aliphatic heterocycles. The molecule has 0 spiro atoms. The minimum atomic E-state index is -0.201. The van der Waals surface area contributed by atoms with Crippen LogP contribution < -0.4 is 0 Å². The van der Waals surface area contributed by atoms with E-state index in [1.165, 1.54) is 0 Å². The summed E-state index contributed by atoms with van der Waals surface area (Å²) in [6.07, 6.45) is 5.24. The minimum Gasteiger partial charge on any atom is -0.281 e. The van der Waals surface area contributed by atoms with E-state index in [1.807, 2.05) is 6.92 Å². The fourth-order valence-corrected chi connectivity index (χ4v) is 1.60. The van der Waals surface area contributed by atoms with E-state index in [1.54, 1.807) is 0 Å². The molecule has 10 heavy (non-hydrogen) atoms. The Morgan fingerprint density at radius 3 is 2.90 bits per heavy atom. The molecule has 0 aromatic heterocycles. The van der Waals surface area contributed by atoms with Gasteiger partial charge in [0, 0.05) is 0 Å². The molecule has 0 saturated carbocycles. The van der Waals surface area contributed by atoms with E-state index in [0.717, 1.165) is 24.8 Å². The lowest BCUT2D eigenvalue weighted by Gasteiger charge is -2.16. The van der Waals surface area contributed by atoms with E-state index in [2.05, 4.69) is 6.08 Å². The predicted molar refractivity (Wildman–Crippen MR) is 42.0 cm³/mol. The number of carbonyl (C=O) groups is 1. The van der Waals surface area contributed by atoms with Gasteiger partial charge < -0.3 is 0 Å². The predicted octanol–water partition coefficient (Wildman–Crippen LogP) is 2.50. The topological polar surface area (TPSA) is 17.1 Å². The normalized spacial score (nSPS) is 25.8. The van der Waals surface area contributed by atoms with Crippen LogP contribution in [0.5, 0.6) is 0 Å². The molecule has 0 aromatic rings. The third-order valence-corrected chi connectivity index (χ3v) is 2.25. The fraction of sp³-hybridized carbons (Fsp3) is 0.625. The van der Waals surface area contributed by atoms with Crippen LogP contribution in [0.2, 0.25) is 0 Å². The average Bonchev–Trinajstić information content (AvgIpc) is 1.88. The van der Waals surface area contributed by atoms with Crippen molar-refractivity contribution in [2.75, 3.05) is 0 Å². The van der Waals surface area contributed by atoms with Gasteiger partial charge in [0.1, 0.15) is 0 Å². The van der Waals surface area contributed by atoms with E-state index in [0.29, 0.717) is 0 Å². The Morgan fingerprint density at radius 2 is 2.50 bits per heavy atom. The van der Waals surface area contributed by atoms with Crippen molar-refractivity contribution in [2.45, 2.75) is 26.2 Å². The van der Waals surface area contributed by atoms with Gasteiger partial charge in [-0.2, -0.15) is 0 Å². The van der Waals surface area contributed by atoms with Crippen molar-refractivity contribution in [3.8, 4) is 0 Å². The lowest BCUT2D eigenvalue weighted by Crippen LogP contribution is -2.12. The molecule has 1 unspecified atom stereocenters. The summed E-state index contributed by atoms with van der Waals surface area (Å²) in [6, 6.07) is 0. The SMILES string of the molecule is CC1=CCCCC1C(=O)Cl. The highest BCUT2D eigenvalue weighted by Crippen LogP contribution is 2.25. The summed E-state index contributed by atoms with van der Waals surface area (Å²) < 4.78 is 0. The molecule has 1 rings (SSSR count). The Kier molecular flexibility index (Phi) is 2.50. The van der Waals surface area contributed by atoms with Crippen molar-refractivity contribution in [3.63, 3.8) is 0 Å². The molecule has 0 heterocycles. The molecule has 0 fully saturated rings. The third-order valence-electron chi connectivity index (χ3n) is 1.99. The quantitative estimate of drug-likeness (QED) is 0.423. The molecule has 1 aliphatic carbocycles. The maximum Gasteiger partial charge on any atom is 0.228 e. The monoisotopic (exact) mass is 158 g/mol. The van der Waals surface area contributed by atoms with Gasteiger partial charge >= 0.3 is 0 Å². The zero-order chi connectivity index (χ0) is 7.56. The zero-order valence-electron chi connectivity index (χ0n) is 6.06. The first-order valence-electron chi connectivity index (χ1n) is 3.58. The molecule has 0 N–H and O–H groups in total. The van der Waals surface area contributed by atoms with Gasteiger partial charge in [-0.3, -0.25) is 4.79 Å². The van der Waals surface area contributed by atoms with E-state index in [4.69, 9.17) is 11.6 Å². The van der Waals surface area contributed by atoms with Gasteiger partial charge in [-0.05, 0) is 37.8 Å². The van der Waals surface area contributed by atoms with Crippen LogP contribution >= 0.6 is 11.6 Å². The standard InChI is InChI=1S/C8H11ClO/c1-6-4-2-3-5-7(6)8(9)10/h4,7H,2-3,5H2,1H3. The van der Waals surface area contributed by atoms with Gasteiger partial charge in [-0.15, -0.1) is 0 Å². The number of halogens is 1. The van der Waals surface area contributed by atoms with E-state index in [9.17, 15) is 4.79 Å². The summed E-state index contributed by atoms with van der Waals surface area (Å²) in [5.41, 5.74) is 1.14. The first-order valence-corrected chi connectivity index (χ1v) is 3.95. The molecule has 0 saturated heterocycles. The van der Waals surface area contributed by atoms with Crippen molar-refractivity contribution in [2.24, 2.45) is 5.92 Å². The van der Waals surface area contributed by atoms with E-state index < -0.39 is 0 Å². The van der Waals surface area contributed by atoms with Crippen LogP contribution in [-0.2, 0) is 4.79 Å². The van der Waals surface area contributed by atoms with Gasteiger partial charge in [-0.25, -0.2) is 0 Å². The second kappa shape index (κ2) is 3.20.